The molecule has 0 aromatic carbocycles. The van der Waals surface area contributed by atoms with Gasteiger partial charge in [0.25, 0.3) is 0 Å². The zero-order valence-electron chi connectivity index (χ0n) is 8.50. The monoisotopic (exact) mass is 192 g/mol. The number of cyclic esters (lactones) is 1. The maximum atomic E-state index is 11.4. The van der Waals surface area contributed by atoms with Crippen LogP contribution in [0.3, 0.4) is 0 Å². The molecule has 0 aliphatic carbocycles. The van der Waals surface area contributed by atoms with Gasteiger partial charge in [-0.05, 0) is 12.5 Å². The maximum absolute atomic E-state index is 11.4. The van der Waals surface area contributed by atoms with E-state index in [0.29, 0.717) is 12.2 Å². The summed E-state index contributed by atoms with van der Waals surface area (Å²) >= 11 is 0. The van der Waals surface area contributed by atoms with Crippen LogP contribution in [0.2, 0.25) is 0 Å². The van der Waals surface area contributed by atoms with Gasteiger partial charge in [0.2, 0.25) is 0 Å². The number of aryl methyl sites for hydroxylation is 1. The van der Waals surface area contributed by atoms with E-state index in [1.807, 2.05) is 25.9 Å². The number of rotatable bonds is 1. The molecule has 2 heterocycles. The lowest BCUT2D eigenvalue weighted by atomic mass is 10.1. The van der Waals surface area contributed by atoms with E-state index in [4.69, 9.17) is 4.74 Å². The van der Waals surface area contributed by atoms with E-state index in [9.17, 15) is 4.79 Å². The van der Waals surface area contributed by atoms with Gasteiger partial charge in [0.15, 0.2) is 0 Å². The second-order valence-electron chi connectivity index (χ2n) is 3.59. The quantitative estimate of drug-likeness (QED) is 0.625. The molecule has 0 fully saturated rings. The van der Waals surface area contributed by atoms with Crippen molar-refractivity contribution in [3.8, 4) is 0 Å². The highest BCUT2D eigenvalue weighted by Crippen LogP contribution is 2.29. The van der Waals surface area contributed by atoms with Gasteiger partial charge in [-0.2, -0.15) is 0 Å². The summed E-state index contributed by atoms with van der Waals surface area (Å²) in [6, 6.07) is 0. The number of aromatic nitrogens is 1. The van der Waals surface area contributed by atoms with Gasteiger partial charge < -0.3 is 9.64 Å². The summed E-state index contributed by atoms with van der Waals surface area (Å²) in [5, 5.41) is 0. The SMILES string of the molecule is Cc1cnc(N(C)C)c2c1C(=O)OC2. The van der Waals surface area contributed by atoms with Crippen LogP contribution in [0, 0.1) is 6.92 Å². The molecule has 0 amide bonds. The van der Waals surface area contributed by atoms with Gasteiger partial charge in [0, 0.05) is 25.9 Å². The van der Waals surface area contributed by atoms with Crippen LogP contribution in [0.15, 0.2) is 6.20 Å². The smallest absolute Gasteiger partial charge is 0.339 e. The van der Waals surface area contributed by atoms with Gasteiger partial charge in [-0.3, -0.25) is 0 Å². The predicted octanol–water partition coefficient (Wildman–Crippen LogP) is 1.13. The molecule has 0 saturated carbocycles. The van der Waals surface area contributed by atoms with Crippen molar-refractivity contribution in [2.45, 2.75) is 13.5 Å². The van der Waals surface area contributed by atoms with Crippen LogP contribution < -0.4 is 4.90 Å². The molecule has 0 spiro atoms. The largest absolute Gasteiger partial charge is 0.457 e. The number of hydrogen-bond acceptors (Lipinski definition) is 4. The number of pyridine rings is 1. The summed E-state index contributed by atoms with van der Waals surface area (Å²) in [5.41, 5.74) is 2.47. The topological polar surface area (TPSA) is 42.4 Å². The fraction of sp³-hybridized carbons (Fsp3) is 0.400. The summed E-state index contributed by atoms with van der Waals surface area (Å²) in [4.78, 5) is 17.6. The summed E-state index contributed by atoms with van der Waals surface area (Å²) in [7, 11) is 3.81. The predicted molar refractivity (Wildman–Crippen MR) is 52.4 cm³/mol. The van der Waals surface area contributed by atoms with Gasteiger partial charge in [-0.15, -0.1) is 0 Å². The number of ether oxygens (including phenoxy) is 1. The fourth-order valence-corrected chi connectivity index (χ4v) is 1.67. The summed E-state index contributed by atoms with van der Waals surface area (Å²) < 4.78 is 4.99. The van der Waals surface area contributed by atoms with Crippen molar-refractivity contribution in [1.82, 2.24) is 4.98 Å². The van der Waals surface area contributed by atoms with E-state index in [1.165, 1.54) is 0 Å². The first-order chi connectivity index (χ1) is 6.61. The molecule has 2 rings (SSSR count). The molecule has 1 aromatic heterocycles. The molecule has 0 radical (unpaired) electrons. The van der Waals surface area contributed by atoms with Crippen molar-refractivity contribution in [1.29, 1.82) is 0 Å². The van der Waals surface area contributed by atoms with Crippen LogP contribution in [0.5, 0.6) is 0 Å². The lowest BCUT2D eigenvalue weighted by molar-refractivity contribution is 0.0535. The average Bonchev–Trinajstić information content (AvgIpc) is 2.49. The number of nitrogens with zero attached hydrogens (tertiary/aromatic N) is 2. The van der Waals surface area contributed by atoms with Crippen LogP contribution in [0.4, 0.5) is 5.82 Å². The normalized spacial score (nSPS) is 13.8. The summed E-state index contributed by atoms with van der Waals surface area (Å²) in [6.07, 6.45) is 1.71. The fourth-order valence-electron chi connectivity index (χ4n) is 1.67. The van der Waals surface area contributed by atoms with Crippen LogP contribution in [-0.4, -0.2) is 25.0 Å². The molecule has 0 unspecified atom stereocenters. The zero-order valence-corrected chi connectivity index (χ0v) is 8.50. The van der Waals surface area contributed by atoms with Crippen LogP contribution >= 0.6 is 0 Å². The van der Waals surface area contributed by atoms with Gasteiger partial charge in [-0.25, -0.2) is 9.78 Å². The number of hydrogen-bond donors (Lipinski definition) is 0. The number of carbonyl (C=O) groups excluding carboxylic acids is 1. The Kier molecular flexibility index (Phi) is 1.91. The Hall–Kier alpha value is -1.58. The first-order valence-corrected chi connectivity index (χ1v) is 4.44. The third-order valence-corrected chi connectivity index (χ3v) is 2.32. The molecule has 0 saturated heterocycles. The molecular weight excluding hydrogens is 180 g/mol. The van der Waals surface area contributed by atoms with Crippen molar-refractivity contribution >= 4 is 11.8 Å². The van der Waals surface area contributed by atoms with Crippen molar-refractivity contribution in [3.05, 3.63) is 22.9 Å². The summed E-state index contributed by atoms with van der Waals surface area (Å²) in [5.74, 6) is 0.583. The number of fused-ring (bicyclic) bond motifs is 1. The van der Waals surface area contributed by atoms with Crippen molar-refractivity contribution in [2.24, 2.45) is 0 Å². The first kappa shape index (κ1) is 8.99. The second-order valence-corrected chi connectivity index (χ2v) is 3.59. The minimum absolute atomic E-state index is 0.233. The van der Waals surface area contributed by atoms with Crippen LogP contribution in [-0.2, 0) is 11.3 Å². The molecule has 0 atom stereocenters. The minimum atomic E-state index is -0.233. The highest BCUT2D eigenvalue weighted by molar-refractivity contribution is 5.96. The Labute approximate surface area is 82.5 Å². The van der Waals surface area contributed by atoms with E-state index < -0.39 is 0 Å². The molecule has 1 aliphatic rings. The maximum Gasteiger partial charge on any atom is 0.339 e. The van der Waals surface area contributed by atoms with Gasteiger partial charge in [0.05, 0.1) is 5.56 Å². The first-order valence-electron chi connectivity index (χ1n) is 4.44. The van der Waals surface area contributed by atoms with Crippen molar-refractivity contribution < 1.29 is 9.53 Å². The Morgan fingerprint density at radius 2 is 2.21 bits per heavy atom. The van der Waals surface area contributed by atoms with E-state index in [0.717, 1.165) is 16.9 Å². The highest BCUT2D eigenvalue weighted by Gasteiger charge is 2.27. The van der Waals surface area contributed by atoms with E-state index in [2.05, 4.69) is 4.98 Å². The molecule has 0 N–H and O–H groups in total. The van der Waals surface area contributed by atoms with Gasteiger partial charge in [0.1, 0.15) is 12.4 Å². The second kappa shape index (κ2) is 2.97. The number of esters is 1. The third-order valence-electron chi connectivity index (χ3n) is 2.32. The minimum Gasteiger partial charge on any atom is -0.457 e. The van der Waals surface area contributed by atoms with Crippen LogP contribution in [0.25, 0.3) is 0 Å². The molecular formula is C10H12N2O2. The zero-order chi connectivity index (χ0) is 10.3. The number of carbonyl (C=O) groups is 1. The van der Waals surface area contributed by atoms with Gasteiger partial charge >= 0.3 is 5.97 Å². The molecule has 0 bridgehead atoms. The lowest BCUT2D eigenvalue weighted by Gasteiger charge is -2.14. The molecule has 4 heteroatoms. The molecule has 74 valence electrons. The highest BCUT2D eigenvalue weighted by atomic mass is 16.5. The van der Waals surface area contributed by atoms with Crippen molar-refractivity contribution in [3.63, 3.8) is 0 Å². The lowest BCUT2D eigenvalue weighted by Crippen LogP contribution is -2.14. The Morgan fingerprint density at radius 3 is 2.86 bits per heavy atom. The van der Waals surface area contributed by atoms with Crippen LogP contribution in [0.1, 0.15) is 21.5 Å². The molecule has 4 nitrogen and oxygen atoms in total. The number of anilines is 1. The average molecular weight is 192 g/mol. The molecule has 1 aliphatic heterocycles. The standard InChI is InChI=1S/C10H12N2O2/c1-6-4-11-9(12(2)3)7-5-14-10(13)8(6)7/h4H,5H2,1-3H3. The summed E-state index contributed by atoms with van der Waals surface area (Å²) in [6.45, 7) is 2.22. The Bertz CT molecular complexity index is 399. The van der Waals surface area contributed by atoms with Gasteiger partial charge in [-0.1, -0.05) is 0 Å². The van der Waals surface area contributed by atoms with E-state index in [1.54, 1.807) is 6.20 Å². The van der Waals surface area contributed by atoms with Crippen molar-refractivity contribution in [2.75, 3.05) is 19.0 Å². The Morgan fingerprint density at radius 1 is 1.50 bits per heavy atom. The Balaban J connectivity index is 2.64. The molecule has 1 aromatic rings. The molecule has 14 heavy (non-hydrogen) atoms. The third kappa shape index (κ3) is 1.14. The van der Waals surface area contributed by atoms with E-state index >= 15 is 0 Å². The van der Waals surface area contributed by atoms with E-state index in [-0.39, 0.29) is 5.97 Å².